The second-order valence-electron chi connectivity index (χ2n) is 6.19. The van der Waals surface area contributed by atoms with E-state index in [0.29, 0.717) is 17.9 Å². The molecule has 0 unspecified atom stereocenters. The smallest absolute Gasteiger partial charge is 0.226 e. The maximum absolute atomic E-state index is 12.6. The van der Waals surface area contributed by atoms with Crippen molar-refractivity contribution in [2.24, 2.45) is 11.3 Å². The Labute approximate surface area is 111 Å². The van der Waals surface area contributed by atoms with Crippen molar-refractivity contribution in [2.75, 3.05) is 13.1 Å². The van der Waals surface area contributed by atoms with Gasteiger partial charge in [-0.15, -0.1) is 0 Å². The molecule has 2 fully saturated rings. The molecule has 1 atom stereocenters. The monoisotopic (exact) mass is 252 g/mol. The summed E-state index contributed by atoms with van der Waals surface area (Å²) < 4.78 is 0. The van der Waals surface area contributed by atoms with Gasteiger partial charge in [0.2, 0.25) is 5.91 Å². The van der Waals surface area contributed by atoms with Gasteiger partial charge in [0.15, 0.2) is 0 Å². The van der Waals surface area contributed by atoms with Gasteiger partial charge in [0.05, 0.1) is 5.41 Å². The van der Waals surface area contributed by atoms with Crippen molar-refractivity contribution >= 4 is 5.91 Å². The molecule has 0 aromatic rings. The van der Waals surface area contributed by atoms with Gasteiger partial charge in [-0.1, -0.05) is 19.8 Å². The molecule has 2 aliphatic rings. The molecule has 1 amide bonds. The zero-order valence-corrected chi connectivity index (χ0v) is 11.9. The van der Waals surface area contributed by atoms with Gasteiger partial charge >= 0.3 is 0 Å². The summed E-state index contributed by atoms with van der Waals surface area (Å²) in [6.45, 7) is 6.32. The number of carbonyl (C=O) groups is 1. The molecule has 3 nitrogen and oxygen atoms in total. The number of hydrogen-bond donors (Lipinski definition) is 2. The van der Waals surface area contributed by atoms with Crippen LogP contribution in [0.1, 0.15) is 58.8 Å². The maximum Gasteiger partial charge on any atom is 0.226 e. The quantitative estimate of drug-likeness (QED) is 0.807. The summed E-state index contributed by atoms with van der Waals surface area (Å²) in [7, 11) is 0. The van der Waals surface area contributed by atoms with Crippen LogP contribution in [0.15, 0.2) is 0 Å². The SMILES string of the molecule is CCC1(C(=O)N[C@H](C)C2CCCC2)CCNCC1. The molecule has 0 bridgehead atoms. The summed E-state index contributed by atoms with van der Waals surface area (Å²) in [6.07, 6.45) is 8.23. The highest BCUT2D eigenvalue weighted by Gasteiger charge is 2.38. The topological polar surface area (TPSA) is 41.1 Å². The largest absolute Gasteiger partial charge is 0.353 e. The molecule has 1 aliphatic heterocycles. The molecular formula is C15H28N2O. The first-order valence-corrected chi connectivity index (χ1v) is 7.69. The molecule has 1 saturated carbocycles. The lowest BCUT2D eigenvalue weighted by atomic mass is 9.75. The first-order chi connectivity index (χ1) is 8.68. The summed E-state index contributed by atoms with van der Waals surface area (Å²) >= 11 is 0. The molecule has 1 saturated heterocycles. The summed E-state index contributed by atoms with van der Waals surface area (Å²) in [5, 5.41) is 6.67. The Hall–Kier alpha value is -0.570. The Bertz CT molecular complexity index is 278. The lowest BCUT2D eigenvalue weighted by Gasteiger charge is -2.37. The minimum absolute atomic E-state index is 0.0991. The Morgan fingerprint density at radius 2 is 1.94 bits per heavy atom. The standard InChI is InChI=1S/C15H28N2O/c1-3-15(8-10-16-11-9-15)14(18)17-12(2)13-6-4-5-7-13/h12-13,16H,3-11H2,1-2H3,(H,17,18)/t12-/m1/s1. The van der Waals surface area contributed by atoms with Crippen LogP contribution < -0.4 is 10.6 Å². The number of piperidine rings is 1. The zero-order valence-electron chi connectivity index (χ0n) is 11.9. The van der Waals surface area contributed by atoms with E-state index in [4.69, 9.17) is 0 Å². The van der Waals surface area contributed by atoms with E-state index in [2.05, 4.69) is 24.5 Å². The number of hydrogen-bond acceptors (Lipinski definition) is 2. The molecule has 0 radical (unpaired) electrons. The fourth-order valence-electron chi connectivity index (χ4n) is 3.58. The minimum atomic E-state index is -0.0991. The zero-order chi connectivity index (χ0) is 13.0. The highest BCUT2D eigenvalue weighted by molar-refractivity contribution is 5.83. The van der Waals surface area contributed by atoms with E-state index < -0.39 is 0 Å². The molecule has 2 rings (SSSR count). The number of nitrogens with one attached hydrogen (secondary N) is 2. The Morgan fingerprint density at radius 3 is 2.50 bits per heavy atom. The average Bonchev–Trinajstić information content (AvgIpc) is 2.93. The van der Waals surface area contributed by atoms with Crippen LogP contribution in [0.3, 0.4) is 0 Å². The molecular weight excluding hydrogens is 224 g/mol. The molecule has 18 heavy (non-hydrogen) atoms. The van der Waals surface area contributed by atoms with Crippen LogP contribution in [0.4, 0.5) is 0 Å². The number of amides is 1. The minimum Gasteiger partial charge on any atom is -0.353 e. The van der Waals surface area contributed by atoms with Crippen molar-refractivity contribution in [3.63, 3.8) is 0 Å². The van der Waals surface area contributed by atoms with Gasteiger partial charge in [0.1, 0.15) is 0 Å². The second kappa shape index (κ2) is 6.05. The highest BCUT2D eigenvalue weighted by Crippen LogP contribution is 2.34. The van der Waals surface area contributed by atoms with Gasteiger partial charge in [-0.2, -0.15) is 0 Å². The summed E-state index contributed by atoms with van der Waals surface area (Å²) in [6, 6.07) is 0.360. The van der Waals surface area contributed by atoms with Crippen LogP contribution in [0.5, 0.6) is 0 Å². The predicted molar refractivity (Wildman–Crippen MR) is 74.4 cm³/mol. The van der Waals surface area contributed by atoms with Crippen molar-refractivity contribution in [3.05, 3.63) is 0 Å². The molecule has 1 heterocycles. The lowest BCUT2D eigenvalue weighted by molar-refractivity contribution is -0.133. The second-order valence-corrected chi connectivity index (χ2v) is 6.19. The van der Waals surface area contributed by atoms with E-state index in [9.17, 15) is 4.79 Å². The molecule has 3 heteroatoms. The molecule has 0 spiro atoms. The van der Waals surface area contributed by atoms with Gasteiger partial charge in [-0.05, 0) is 58.0 Å². The molecule has 0 aromatic heterocycles. The van der Waals surface area contributed by atoms with Crippen molar-refractivity contribution in [1.82, 2.24) is 10.6 Å². The maximum atomic E-state index is 12.6. The Kier molecular flexibility index (Phi) is 4.66. The molecule has 1 aliphatic carbocycles. The van der Waals surface area contributed by atoms with Crippen LogP contribution >= 0.6 is 0 Å². The normalized spacial score (nSPS) is 25.9. The fourth-order valence-corrected chi connectivity index (χ4v) is 3.58. The van der Waals surface area contributed by atoms with Crippen molar-refractivity contribution in [1.29, 1.82) is 0 Å². The van der Waals surface area contributed by atoms with Crippen LogP contribution in [-0.4, -0.2) is 25.0 Å². The summed E-state index contributed by atoms with van der Waals surface area (Å²) in [5.41, 5.74) is -0.0991. The fraction of sp³-hybridized carbons (Fsp3) is 0.933. The first-order valence-electron chi connectivity index (χ1n) is 7.69. The van der Waals surface area contributed by atoms with Crippen molar-refractivity contribution in [3.8, 4) is 0 Å². The summed E-state index contributed by atoms with van der Waals surface area (Å²) in [4.78, 5) is 12.6. The van der Waals surface area contributed by atoms with E-state index in [1.54, 1.807) is 0 Å². The van der Waals surface area contributed by atoms with Gasteiger partial charge in [-0.3, -0.25) is 4.79 Å². The summed E-state index contributed by atoms with van der Waals surface area (Å²) in [5.74, 6) is 1.02. The van der Waals surface area contributed by atoms with E-state index in [1.807, 2.05) is 0 Å². The van der Waals surface area contributed by atoms with Gasteiger partial charge in [0.25, 0.3) is 0 Å². The van der Waals surface area contributed by atoms with Gasteiger partial charge < -0.3 is 10.6 Å². The van der Waals surface area contributed by atoms with Gasteiger partial charge in [-0.25, -0.2) is 0 Å². The van der Waals surface area contributed by atoms with Crippen molar-refractivity contribution in [2.45, 2.75) is 64.8 Å². The highest BCUT2D eigenvalue weighted by atomic mass is 16.2. The molecule has 2 N–H and O–H groups in total. The van der Waals surface area contributed by atoms with Gasteiger partial charge in [0, 0.05) is 6.04 Å². The molecule has 104 valence electrons. The van der Waals surface area contributed by atoms with E-state index in [-0.39, 0.29) is 5.41 Å². The van der Waals surface area contributed by atoms with Crippen LogP contribution in [0.25, 0.3) is 0 Å². The number of carbonyl (C=O) groups excluding carboxylic acids is 1. The van der Waals surface area contributed by atoms with Crippen LogP contribution in [-0.2, 0) is 4.79 Å². The molecule has 0 aromatic carbocycles. The Balaban J connectivity index is 1.92. The van der Waals surface area contributed by atoms with E-state index in [1.165, 1.54) is 25.7 Å². The lowest BCUT2D eigenvalue weighted by Crippen LogP contribution is -2.50. The third kappa shape index (κ3) is 2.87. The van der Waals surface area contributed by atoms with Crippen LogP contribution in [0.2, 0.25) is 0 Å². The predicted octanol–water partition coefficient (Wildman–Crippen LogP) is 2.46. The van der Waals surface area contributed by atoms with E-state index >= 15 is 0 Å². The van der Waals surface area contributed by atoms with Crippen LogP contribution in [0, 0.1) is 11.3 Å². The van der Waals surface area contributed by atoms with Crippen molar-refractivity contribution < 1.29 is 4.79 Å². The van der Waals surface area contributed by atoms with E-state index in [0.717, 1.165) is 32.4 Å². The Morgan fingerprint density at radius 1 is 1.33 bits per heavy atom. The average molecular weight is 252 g/mol. The third-order valence-corrected chi connectivity index (χ3v) is 5.18. The first kappa shape index (κ1) is 13.9. The third-order valence-electron chi connectivity index (χ3n) is 5.18. The number of rotatable bonds is 4.